The van der Waals surface area contributed by atoms with Crippen molar-refractivity contribution in [1.29, 1.82) is 0 Å². The number of benzene rings is 2. The predicted molar refractivity (Wildman–Crippen MR) is 89.5 cm³/mol. The monoisotopic (exact) mass is 309 g/mol. The van der Waals surface area contributed by atoms with Crippen LogP contribution in [0.2, 0.25) is 0 Å². The van der Waals surface area contributed by atoms with Crippen LogP contribution in [0.5, 0.6) is 5.75 Å². The van der Waals surface area contributed by atoms with Gasteiger partial charge in [-0.2, -0.15) is 0 Å². The fourth-order valence-corrected chi connectivity index (χ4v) is 2.51. The largest absolute Gasteiger partial charge is 0.484 e. The van der Waals surface area contributed by atoms with Gasteiger partial charge in [-0.15, -0.1) is 0 Å². The minimum absolute atomic E-state index is 0.00573. The van der Waals surface area contributed by atoms with Gasteiger partial charge in [0.25, 0.3) is 5.91 Å². The van der Waals surface area contributed by atoms with Crippen LogP contribution in [0.4, 0.5) is 0 Å². The van der Waals surface area contributed by atoms with Gasteiger partial charge in [0.05, 0.1) is 0 Å². The molecule has 0 saturated carbocycles. The first-order valence-corrected chi connectivity index (χ1v) is 7.56. The number of aryl methyl sites for hydroxylation is 2. The maximum Gasteiger partial charge on any atom is 0.258 e. The molecule has 23 heavy (non-hydrogen) atoms. The Morgan fingerprint density at radius 3 is 2.61 bits per heavy atom. The van der Waals surface area contributed by atoms with Crippen molar-refractivity contribution >= 4 is 16.7 Å². The zero-order chi connectivity index (χ0) is 16.2. The number of rotatable bonds is 5. The lowest BCUT2D eigenvalue weighted by atomic mass is 10.1. The Kier molecular flexibility index (Phi) is 4.33. The zero-order valence-corrected chi connectivity index (χ0v) is 13.3. The standard InChI is InChI=1S/C19H19NO3/c1-13-9-17(14(2)23-13)11-20-19(21)12-22-18-8-7-15-5-3-4-6-16(15)10-18/h3-10H,11-12H2,1-2H3,(H,20,21). The van der Waals surface area contributed by atoms with Crippen LogP contribution in [0, 0.1) is 13.8 Å². The van der Waals surface area contributed by atoms with Gasteiger partial charge in [0.2, 0.25) is 0 Å². The number of amides is 1. The molecule has 1 aromatic heterocycles. The Morgan fingerprint density at radius 1 is 1.09 bits per heavy atom. The van der Waals surface area contributed by atoms with Crippen LogP contribution < -0.4 is 10.1 Å². The van der Waals surface area contributed by atoms with Gasteiger partial charge >= 0.3 is 0 Å². The van der Waals surface area contributed by atoms with E-state index in [1.807, 2.05) is 62.4 Å². The van der Waals surface area contributed by atoms with Crippen molar-refractivity contribution in [1.82, 2.24) is 5.32 Å². The van der Waals surface area contributed by atoms with Gasteiger partial charge in [0.1, 0.15) is 17.3 Å². The van der Waals surface area contributed by atoms with Crippen molar-refractivity contribution in [3.8, 4) is 5.75 Å². The van der Waals surface area contributed by atoms with Crippen LogP contribution >= 0.6 is 0 Å². The maximum atomic E-state index is 11.9. The first-order chi connectivity index (χ1) is 11.1. The molecule has 1 amide bonds. The molecule has 1 heterocycles. The summed E-state index contributed by atoms with van der Waals surface area (Å²) in [5.74, 6) is 2.21. The second kappa shape index (κ2) is 6.57. The van der Waals surface area contributed by atoms with E-state index in [4.69, 9.17) is 9.15 Å². The van der Waals surface area contributed by atoms with E-state index < -0.39 is 0 Å². The summed E-state index contributed by atoms with van der Waals surface area (Å²) in [6, 6.07) is 15.8. The summed E-state index contributed by atoms with van der Waals surface area (Å²) in [5, 5.41) is 5.08. The molecule has 2 aromatic carbocycles. The molecule has 0 spiro atoms. The van der Waals surface area contributed by atoms with E-state index in [-0.39, 0.29) is 12.5 Å². The van der Waals surface area contributed by atoms with Gasteiger partial charge in [0, 0.05) is 12.1 Å². The number of hydrogen-bond donors (Lipinski definition) is 1. The Morgan fingerprint density at radius 2 is 1.87 bits per heavy atom. The van der Waals surface area contributed by atoms with E-state index in [0.29, 0.717) is 12.3 Å². The Hall–Kier alpha value is -2.75. The van der Waals surface area contributed by atoms with Crippen LogP contribution in [0.15, 0.2) is 52.9 Å². The highest BCUT2D eigenvalue weighted by Gasteiger charge is 2.07. The van der Waals surface area contributed by atoms with Crippen molar-refractivity contribution in [3.05, 3.63) is 65.6 Å². The number of nitrogens with one attached hydrogen (secondary N) is 1. The van der Waals surface area contributed by atoms with E-state index in [0.717, 1.165) is 27.9 Å². The Bertz CT molecular complexity index is 836. The molecule has 1 N–H and O–H groups in total. The molecule has 118 valence electrons. The van der Waals surface area contributed by atoms with Crippen molar-refractivity contribution in [3.63, 3.8) is 0 Å². The van der Waals surface area contributed by atoms with Gasteiger partial charge in [-0.05, 0) is 42.8 Å². The van der Waals surface area contributed by atoms with Crippen molar-refractivity contribution < 1.29 is 13.9 Å². The number of furan rings is 1. The topological polar surface area (TPSA) is 51.5 Å². The maximum absolute atomic E-state index is 11.9. The van der Waals surface area contributed by atoms with E-state index in [9.17, 15) is 4.79 Å². The summed E-state index contributed by atoms with van der Waals surface area (Å²) in [6.45, 7) is 4.22. The summed E-state index contributed by atoms with van der Waals surface area (Å²) < 4.78 is 11.0. The molecule has 0 fully saturated rings. The normalized spacial score (nSPS) is 10.7. The molecule has 4 nitrogen and oxygen atoms in total. The molecule has 0 unspecified atom stereocenters. The van der Waals surface area contributed by atoms with Gasteiger partial charge in [-0.1, -0.05) is 30.3 Å². The lowest BCUT2D eigenvalue weighted by molar-refractivity contribution is -0.123. The number of ether oxygens (including phenoxy) is 1. The fourth-order valence-electron chi connectivity index (χ4n) is 2.51. The number of carbonyl (C=O) groups excluding carboxylic acids is 1. The Labute approximate surface area is 135 Å². The second-order valence-corrected chi connectivity index (χ2v) is 5.51. The molecule has 3 rings (SSSR count). The quantitative estimate of drug-likeness (QED) is 0.781. The average Bonchev–Trinajstić information content (AvgIpc) is 2.88. The van der Waals surface area contributed by atoms with Crippen LogP contribution in [0.25, 0.3) is 10.8 Å². The van der Waals surface area contributed by atoms with E-state index >= 15 is 0 Å². The van der Waals surface area contributed by atoms with Crippen molar-refractivity contribution in [2.24, 2.45) is 0 Å². The van der Waals surface area contributed by atoms with Crippen molar-refractivity contribution in [2.45, 2.75) is 20.4 Å². The summed E-state index contributed by atoms with van der Waals surface area (Å²) in [4.78, 5) is 11.9. The third-order valence-electron chi connectivity index (χ3n) is 3.71. The number of fused-ring (bicyclic) bond motifs is 1. The fraction of sp³-hybridized carbons (Fsp3) is 0.211. The smallest absolute Gasteiger partial charge is 0.258 e. The lowest BCUT2D eigenvalue weighted by Crippen LogP contribution is -2.28. The van der Waals surface area contributed by atoms with Gasteiger partial charge in [-0.25, -0.2) is 0 Å². The van der Waals surface area contributed by atoms with Crippen LogP contribution in [-0.4, -0.2) is 12.5 Å². The third-order valence-corrected chi connectivity index (χ3v) is 3.71. The molecule has 3 aromatic rings. The molecule has 0 bridgehead atoms. The van der Waals surface area contributed by atoms with Crippen LogP contribution in [-0.2, 0) is 11.3 Å². The summed E-state index contributed by atoms with van der Waals surface area (Å²) in [5.41, 5.74) is 0.988. The van der Waals surface area contributed by atoms with E-state index in [1.165, 1.54) is 0 Å². The average molecular weight is 309 g/mol. The summed E-state index contributed by atoms with van der Waals surface area (Å²) in [6.07, 6.45) is 0. The summed E-state index contributed by atoms with van der Waals surface area (Å²) in [7, 11) is 0. The van der Waals surface area contributed by atoms with Crippen LogP contribution in [0.3, 0.4) is 0 Å². The minimum atomic E-state index is -0.156. The molecule has 0 aliphatic carbocycles. The molecule has 0 aliphatic rings. The van der Waals surface area contributed by atoms with Gasteiger partial charge in [-0.3, -0.25) is 4.79 Å². The molecular formula is C19H19NO3. The van der Waals surface area contributed by atoms with Gasteiger partial charge in [0.15, 0.2) is 6.61 Å². The van der Waals surface area contributed by atoms with Crippen LogP contribution in [0.1, 0.15) is 17.1 Å². The molecular weight excluding hydrogens is 290 g/mol. The number of hydrogen-bond acceptors (Lipinski definition) is 3. The van der Waals surface area contributed by atoms with E-state index in [1.54, 1.807) is 0 Å². The zero-order valence-electron chi connectivity index (χ0n) is 13.3. The minimum Gasteiger partial charge on any atom is -0.484 e. The third kappa shape index (κ3) is 3.72. The van der Waals surface area contributed by atoms with Crippen molar-refractivity contribution in [2.75, 3.05) is 6.61 Å². The van der Waals surface area contributed by atoms with E-state index in [2.05, 4.69) is 5.32 Å². The highest BCUT2D eigenvalue weighted by molar-refractivity contribution is 5.84. The first-order valence-electron chi connectivity index (χ1n) is 7.56. The predicted octanol–water partition coefficient (Wildman–Crippen LogP) is 3.74. The molecule has 0 radical (unpaired) electrons. The summed E-state index contributed by atoms with van der Waals surface area (Å²) >= 11 is 0. The second-order valence-electron chi connectivity index (χ2n) is 5.51. The highest BCUT2D eigenvalue weighted by atomic mass is 16.5. The Balaban J connectivity index is 1.54. The lowest BCUT2D eigenvalue weighted by Gasteiger charge is -2.08. The van der Waals surface area contributed by atoms with Gasteiger partial charge < -0.3 is 14.5 Å². The first kappa shape index (κ1) is 15.2. The molecule has 0 atom stereocenters. The SMILES string of the molecule is Cc1cc(CNC(=O)COc2ccc3ccccc3c2)c(C)o1. The number of carbonyl (C=O) groups is 1. The molecule has 0 saturated heterocycles. The molecule has 4 heteroatoms. The highest BCUT2D eigenvalue weighted by Crippen LogP contribution is 2.20. The molecule has 0 aliphatic heterocycles.